The summed E-state index contributed by atoms with van der Waals surface area (Å²) in [5.74, 6) is 1.00. The fourth-order valence-corrected chi connectivity index (χ4v) is 2.89. The average Bonchev–Trinajstić information content (AvgIpc) is 3.18. The van der Waals surface area contributed by atoms with Gasteiger partial charge in [-0.25, -0.2) is 0 Å². The first kappa shape index (κ1) is 15.0. The second-order valence-electron chi connectivity index (χ2n) is 6.32. The first-order valence-electron chi connectivity index (χ1n) is 7.49. The van der Waals surface area contributed by atoms with Crippen LogP contribution in [-0.2, 0) is 4.79 Å². The molecule has 0 saturated heterocycles. The zero-order chi connectivity index (χ0) is 14.7. The highest BCUT2D eigenvalue weighted by molar-refractivity contribution is 5.83. The zero-order valence-corrected chi connectivity index (χ0v) is 12.6. The summed E-state index contributed by atoms with van der Waals surface area (Å²) >= 11 is 0. The molecule has 3 nitrogen and oxygen atoms in total. The number of benzene rings is 1. The van der Waals surface area contributed by atoms with Gasteiger partial charge < -0.3 is 10.4 Å². The number of aliphatic hydroxyl groups is 1. The van der Waals surface area contributed by atoms with Gasteiger partial charge in [-0.3, -0.25) is 4.79 Å². The molecule has 1 aliphatic rings. The van der Waals surface area contributed by atoms with Crippen LogP contribution in [0.2, 0.25) is 0 Å². The van der Waals surface area contributed by atoms with Gasteiger partial charge >= 0.3 is 0 Å². The summed E-state index contributed by atoms with van der Waals surface area (Å²) in [5.41, 5.74) is 2.55. The van der Waals surface area contributed by atoms with Crippen molar-refractivity contribution in [1.82, 2.24) is 5.32 Å². The number of aryl methyl sites for hydroxylation is 1. The van der Waals surface area contributed by atoms with Crippen molar-refractivity contribution in [2.75, 3.05) is 6.61 Å². The summed E-state index contributed by atoms with van der Waals surface area (Å²) in [6.45, 7) is 6.31. The van der Waals surface area contributed by atoms with E-state index >= 15 is 0 Å². The molecule has 0 aliphatic heterocycles. The fraction of sp³-hybridized carbons (Fsp3) is 0.588. The molecule has 2 rings (SSSR count). The molecular weight excluding hydrogens is 250 g/mol. The minimum absolute atomic E-state index is 0.0195. The summed E-state index contributed by atoms with van der Waals surface area (Å²) in [4.78, 5) is 12.2. The van der Waals surface area contributed by atoms with Crippen molar-refractivity contribution in [3.8, 4) is 0 Å². The molecule has 1 aliphatic carbocycles. The summed E-state index contributed by atoms with van der Waals surface area (Å²) in [5, 5.41) is 12.3. The quantitative estimate of drug-likeness (QED) is 0.838. The van der Waals surface area contributed by atoms with E-state index in [0.717, 1.165) is 12.8 Å². The van der Waals surface area contributed by atoms with Crippen molar-refractivity contribution < 1.29 is 9.90 Å². The van der Waals surface area contributed by atoms with Gasteiger partial charge in [0.2, 0.25) is 5.91 Å². The maximum Gasteiger partial charge on any atom is 0.224 e. The Morgan fingerprint density at radius 1 is 1.40 bits per heavy atom. The first-order chi connectivity index (χ1) is 9.52. The second kappa shape index (κ2) is 6.40. The van der Waals surface area contributed by atoms with Gasteiger partial charge in [-0.15, -0.1) is 0 Å². The Morgan fingerprint density at radius 3 is 2.70 bits per heavy atom. The van der Waals surface area contributed by atoms with Crippen LogP contribution in [0.1, 0.15) is 43.7 Å². The fourth-order valence-electron chi connectivity index (χ4n) is 2.89. The molecule has 0 radical (unpaired) electrons. The molecule has 0 heterocycles. The van der Waals surface area contributed by atoms with Crippen LogP contribution >= 0.6 is 0 Å². The summed E-state index contributed by atoms with van der Waals surface area (Å²) < 4.78 is 0. The van der Waals surface area contributed by atoms with E-state index in [0.29, 0.717) is 11.8 Å². The number of amides is 1. The summed E-state index contributed by atoms with van der Waals surface area (Å²) in [6.07, 6.45) is 1.75. The molecule has 110 valence electrons. The molecule has 0 unspecified atom stereocenters. The summed E-state index contributed by atoms with van der Waals surface area (Å²) in [6, 6.07) is 8.16. The molecule has 3 heteroatoms. The van der Waals surface area contributed by atoms with E-state index in [1.54, 1.807) is 0 Å². The van der Waals surface area contributed by atoms with Gasteiger partial charge in [0.25, 0.3) is 0 Å². The standard InChI is InChI=1S/C17H25NO2/c1-11(2)8-13(10-19)18-17(20)16-9-15(16)14-7-5-4-6-12(14)3/h4-7,11,13,15-16,19H,8-10H2,1-3H3,(H,18,20)/t13-,15-,16+/m0/s1. The van der Waals surface area contributed by atoms with E-state index in [2.05, 4.69) is 38.2 Å². The van der Waals surface area contributed by atoms with E-state index < -0.39 is 0 Å². The molecule has 3 atom stereocenters. The number of nitrogens with one attached hydrogen (secondary N) is 1. The van der Waals surface area contributed by atoms with Crippen LogP contribution in [0.5, 0.6) is 0 Å². The van der Waals surface area contributed by atoms with Crippen LogP contribution in [0, 0.1) is 18.8 Å². The monoisotopic (exact) mass is 275 g/mol. The molecule has 1 aromatic carbocycles. The van der Waals surface area contributed by atoms with Gasteiger partial charge in [0.15, 0.2) is 0 Å². The van der Waals surface area contributed by atoms with Crippen LogP contribution in [0.15, 0.2) is 24.3 Å². The smallest absolute Gasteiger partial charge is 0.224 e. The SMILES string of the molecule is Cc1ccccc1[C@@H]1C[C@H]1C(=O)N[C@H](CO)CC(C)C. The Morgan fingerprint density at radius 2 is 2.10 bits per heavy atom. The van der Waals surface area contributed by atoms with Crippen LogP contribution in [0.25, 0.3) is 0 Å². The predicted octanol–water partition coefficient (Wildman–Crippen LogP) is 2.62. The molecule has 0 bridgehead atoms. The van der Waals surface area contributed by atoms with Crippen molar-refractivity contribution in [3.63, 3.8) is 0 Å². The van der Waals surface area contributed by atoms with E-state index in [1.165, 1.54) is 11.1 Å². The van der Waals surface area contributed by atoms with Crippen molar-refractivity contribution >= 4 is 5.91 Å². The largest absolute Gasteiger partial charge is 0.394 e. The molecule has 1 aromatic rings. The van der Waals surface area contributed by atoms with Crippen LogP contribution < -0.4 is 5.32 Å². The highest BCUT2D eigenvalue weighted by Gasteiger charge is 2.44. The molecule has 2 N–H and O–H groups in total. The Balaban J connectivity index is 1.91. The Bertz CT molecular complexity index is 470. The third kappa shape index (κ3) is 3.60. The Hall–Kier alpha value is -1.35. The molecular formula is C17H25NO2. The van der Waals surface area contributed by atoms with Crippen LogP contribution in [0.3, 0.4) is 0 Å². The second-order valence-corrected chi connectivity index (χ2v) is 6.32. The lowest BCUT2D eigenvalue weighted by Gasteiger charge is -2.18. The van der Waals surface area contributed by atoms with Gasteiger partial charge in [0.1, 0.15) is 0 Å². The van der Waals surface area contributed by atoms with Gasteiger partial charge in [0.05, 0.1) is 12.6 Å². The van der Waals surface area contributed by atoms with E-state index in [4.69, 9.17) is 0 Å². The number of rotatable bonds is 6. The number of carbonyl (C=O) groups is 1. The summed E-state index contributed by atoms with van der Waals surface area (Å²) in [7, 11) is 0. The number of hydrogen-bond acceptors (Lipinski definition) is 2. The maximum absolute atomic E-state index is 12.2. The highest BCUT2D eigenvalue weighted by Crippen LogP contribution is 2.48. The van der Waals surface area contributed by atoms with Crippen molar-refractivity contribution in [2.45, 2.75) is 45.6 Å². The number of carbonyl (C=O) groups excluding carboxylic acids is 1. The molecule has 20 heavy (non-hydrogen) atoms. The van der Waals surface area contributed by atoms with Crippen LogP contribution in [0.4, 0.5) is 0 Å². The Kier molecular flexibility index (Phi) is 4.81. The average molecular weight is 275 g/mol. The van der Waals surface area contributed by atoms with Gasteiger partial charge in [0, 0.05) is 5.92 Å². The first-order valence-corrected chi connectivity index (χ1v) is 7.49. The van der Waals surface area contributed by atoms with Crippen molar-refractivity contribution in [2.24, 2.45) is 11.8 Å². The van der Waals surface area contributed by atoms with Crippen molar-refractivity contribution in [3.05, 3.63) is 35.4 Å². The lowest BCUT2D eigenvalue weighted by molar-refractivity contribution is -0.123. The topological polar surface area (TPSA) is 49.3 Å². The van der Waals surface area contributed by atoms with E-state index in [1.807, 2.05) is 12.1 Å². The minimum atomic E-state index is -0.111. The third-order valence-corrected chi connectivity index (χ3v) is 4.04. The van der Waals surface area contributed by atoms with E-state index in [9.17, 15) is 9.90 Å². The lowest BCUT2D eigenvalue weighted by Crippen LogP contribution is -2.39. The molecule has 0 aromatic heterocycles. The van der Waals surface area contributed by atoms with Gasteiger partial charge in [-0.05, 0) is 42.7 Å². The molecule has 1 amide bonds. The predicted molar refractivity (Wildman–Crippen MR) is 80.5 cm³/mol. The highest BCUT2D eigenvalue weighted by atomic mass is 16.3. The van der Waals surface area contributed by atoms with E-state index in [-0.39, 0.29) is 24.5 Å². The Labute approximate surface area is 121 Å². The third-order valence-electron chi connectivity index (χ3n) is 4.04. The number of aliphatic hydroxyl groups excluding tert-OH is 1. The molecule has 1 fully saturated rings. The molecule has 0 spiro atoms. The molecule has 1 saturated carbocycles. The van der Waals surface area contributed by atoms with Crippen molar-refractivity contribution in [1.29, 1.82) is 0 Å². The maximum atomic E-state index is 12.2. The van der Waals surface area contributed by atoms with Gasteiger partial charge in [-0.2, -0.15) is 0 Å². The van der Waals surface area contributed by atoms with Crippen LogP contribution in [-0.4, -0.2) is 23.7 Å². The van der Waals surface area contributed by atoms with Gasteiger partial charge in [-0.1, -0.05) is 38.1 Å². The number of hydrogen-bond donors (Lipinski definition) is 2. The lowest BCUT2D eigenvalue weighted by atomic mass is 10.0. The normalized spacial score (nSPS) is 22.6. The zero-order valence-electron chi connectivity index (χ0n) is 12.6. The minimum Gasteiger partial charge on any atom is -0.394 e.